The first-order valence-electron chi connectivity index (χ1n) is 22.3. The fourth-order valence-corrected chi connectivity index (χ4v) is 9.46. The summed E-state index contributed by atoms with van der Waals surface area (Å²) in [6, 6.07) is 14.8. The van der Waals surface area contributed by atoms with Crippen molar-refractivity contribution < 1.29 is 52.9 Å². The number of aliphatic carboxylic acids is 1. The SMILES string of the molecule is C.COC(=O)COc1cc2cc(Cc3nc(N4C[C@H](C)C[C@H](C)C4)ncc3Cl)ccc2n(C)c1=O.C[C@@H]1C[C@H](C)CN(c2ncc(Cl)c(Cc3ccc4c(c3)cc(OCC(=O)O)c(=O)n4C)n2)C1.[I-]. The zero-order valence-corrected chi connectivity index (χ0v) is 42.8. The van der Waals surface area contributed by atoms with Gasteiger partial charge >= 0.3 is 11.9 Å². The van der Waals surface area contributed by atoms with E-state index in [-0.39, 0.29) is 60.6 Å². The molecule has 0 radical (unpaired) electrons. The summed E-state index contributed by atoms with van der Waals surface area (Å²) in [6.45, 7) is 11.8. The summed E-state index contributed by atoms with van der Waals surface area (Å²) >= 11 is 12.9. The van der Waals surface area contributed by atoms with E-state index in [2.05, 4.69) is 52.2 Å². The van der Waals surface area contributed by atoms with E-state index in [4.69, 9.17) is 47.8 Å². The number of rotatable bonds is 12. The standard InChI is InChI=1S/C25H29ClN4O4.C24H27ClN4O4.CH4.HI/c1-15-7-16(2)13-30(12-15)25-27-11-19(26)20(28-25)9-17-5-6-21-18(8-17)10-22(24(32)29(21)3)34-14-23(31)33-4;1-14-6-15(2)12-29(11-14)24-26-10-18(25)19(27-24)8-16-4-5-20-17(7-16)9-21(23(32)28(20)3)33-13-22(30)31;;/h5-6,8,10-11,15-16H,7,9,12-14H2,1-4H3;4-5,7,9-10,14-15H,6,8,11-13H2,1-3H3,(H,30,31);1H4;1H/p-1/t15-,16+;14-,15+;;. The lowest BCUT2D eigenvalue weighted by atomic mass is 9.92. The van der Waals surface area contributed by atoms with Crippen molar-refractivity contribution in [2.24, 2.45) is 37.8 Å². The van der Waals surface area contributed by atoms with Gasteiger partial charge in [-0.1, -0.05) is 70.5 Å². The topological polar surface area (TPSA) is 184 Å². The fraction of sp³-hybridized carbons (Fsp3) is 0.440. The van der Waals surface area contributed by atoms with Crippen LogP contribution in [-0.4, -0.2) is 92.6 Å². The molecule has 2 aliphatic heterocycles. The van der Waals surface area contributed by atoms with Crippen LogP contribution in [0.3, 0.4) is 0 Å². The van der Waals surface area contributed by atoms with E-state index < -0.39 is 18.5 Å². The van der Waals surface area contributed by atoms with Crippen LogP contribution in [0.25, 0.3) is 21.8 Å². The average Bonchev–Trinajstić information content (AvgIpc) is 3.28. The first-order valence-corrected chi connectivity index (χ1v) is 23.0. The van der Waals surface area contributed by atoms with Crippen LogP contribution in [0.1, 0.15) is 70.5 Å². The lowest BCUT2D eigenvalue weighted by Gasteiger charge is -2.35. The van der Waals surface area contributed by atoms with Crippen LogP contribution >= 0.6 is 23.2 Å². The van der Waals surface area contributed by atoms with E-state index in [0.29, 0.717) is 58.5 Å². The van der Waals surface area contributed by atoms with Gasteiger partial charge in [0.1, 0.15) is 0 Å². The molecule has 370 valence electrons. The predicted octanol–water partition coefficient (Wildman–Crippen LogP) is 4.77. The van der Waals surface area contributed by atoms with Gasteiger partial charge in [0.25, 0.3) is 11.1 Å². The monoisotopic (exact) mass is 1100 g/mol. The van der Waals surface area contributed by atoms with E-state index in [1.807, 2.05) is 36.4 Å². The van der Waals surface area contributed by atoms with Gasteiger partial charge in [-0.2, -0.15) is 0 Å². The first-order chi connectivity index (χ1) is 32.0. The Balaban J connectivity index is 0.000000250. The van der Waals surface area contributed by atoms with Crippen LogP contribution in [0, 0.1) is 23.7 Å². The van der Waals surface area contributed by atoms with Crippen molar-refractivity contribution >= 4 is 68.8 Å². The van der Waals surface area contributed by atoms with Gasteiger partial charge in [0, 0.05) is 63.9 Å². The number of pyridine rings is 2. The second-order valence-corrected chi connectivity index (χ2v) is 18.9. The minimum Gasteiger partial charge on any atom is -1.00 e. The lowest BCUT2D eigenvalue weighted by Crippen LogP contribution is -3.00. The Bertz CT molecular complexity index is 2910. The average molecular weight is 1100 g/mol. The van der Waals surface area contributed by atoms with Gasteiger partial charge in [0.05, 0.1) is 52.0 Å². The van der Waals surface area contributed by atoms with Crippen LogP contribution < -0.4 is 54.4 Å². The zero-order valence-electron chi connectivity index (χ0n) is 39.2. The summed E-state index contributed by atoms with van der Waals surface area (Å²) < 4.78 is 18.1. The van der Waals surface area contributed by atoms with Crippen LogP contribution in [-0.2, 0) is 41.3 Å². The van der Waals surface area contributed by atoms with Crippen molar-refractivity contribution in [1.82, 2.24) is 29.1 Å². The van der Waals surface area contributed by atoms with E-state index in [1.54, 1.807) is 38.6 Å². The molecule has 2 fully saturated rings. The van der Waals surface area contributed by atoms with Crippen molar-refractivity contribution in [2.75, 3.05) is 56.3 Å². The molecule has 4 atom stereocenters. The smallest absolute Gasteiger partial charge is 0.343 e. The van der Waals surface area contributed by atoms with Crippen molar-refractivity contribution in [3.05, 3.63) is 114 Å². The molecule has 0 amide bonds. The van der Waals surface area contributed by atoms with Crippen LogP contribution in [0.5, 0.6) is 11.5 Å². The Hall–Kier alpha value is -5.53. The van der Waals surface area contributed by atoms with E-state index in [9.17, 15) is 19.2 Å². The highest BCUT2D eigenvalue weighted by atomic mass is 127. The third-order valence-electron chi connectivity index (χ3n) is 12.1. The minimum absolute atomic E-state index is 0. The normalized spacial score (nSPS) is 17.8. The highest BCUT2D eigenvalue weighted by Crippen LogP contribution is 2.29. The zero-order chi connectivity index (χ0) is 48.1. The molecule has 6 aromatic rings. The third kappa shape index (κ3) is 13.4. The number of nitrogens with zero attached hydrogens (tertiary/aromatic N) is 8. The number of anilines is 2. The number of carboxylic acids is 1. The minimum atomic E-state index is -1.14. The molecule has 0 bridgehead atoms. The lowest BCUT2D eigenvalue weighted by molar-refractivity contribution is -0.143. The van der Waals surface area contributed by atoms with Gasteiger partial charge in [0.2, 0.25) is 11.9 Å². The number of aromatic nitrogens is 6. The van der Waals surface area contributed by atoms with E-state index in [1.165, 1.54) is 29.1 Å². The molecule has 19 heteroatoms. The molecule has 4 aromatic heterocycles. The maximum Gasteiger partial charge on any atom is 0.343 e. The van der Waals surface area contributed by atoms with Crippen LogP contribution in [0.15, 0.2) is 70.5 Å². The Morgan fingerprint density at radius 2 is 1.06 bits per heavy atom. The Morgan fingerprint density at radius 1 is 0.667 bits per heavy atom. The number of fused-ring (bicyclic) bond motifs is 2. The molecule has 0 spiro atoms. The number of hydrogen-bond acceptors (Lipinski definition) is 13. The molecule has 6 heterocycles. The highest BCUT2D eigenvalue weighted by molar-refractivity contribution is 6.31. The molecular formula is C50H60Cl2IN8O8-. The maximum atomic E-state index is 12.6. The molecule has 2 saturated heterocycles. The summed E-state index contributed by atoms with van der Waals surface area (Å²) in [6.07, 6.45) is 6.76. The number of carbonyl (C=O) groups excluding carboxylic acids is 1. The number of carbonyl (C=O) groups is 2. The quantitative estimate of drug-likeness (QED) is 0.131. The Morgan fingerprint density at radius 3 is 1.43 bits per heavy atom. The predicted molar refractivity (Wildman–Crippen MR) is 266 cm³/mol. The molecule has 16 nitrogen and oxygen atoms in total. The van der Waals surface area contributed by atoms with E-state index >= 15 is 0 Å². The summed E-state index contributed by atoms with van der Waals surface area (Å²) in [5.41, 5.74) is 4.20. The van der Waals surface area contributed by atoms with Crippen molar-refractivity contribution in [3.8, 4) is 11.5 Å². The third-order valence-corrected chi connectivity index (χ3v) is 12.7. The van der Waals surface area contributed by atoms with Crippen molar-refractivity contribution in [1.29, 1.82) is 0 Å². The summed E-state index contributed by atoms with van der Waals surface area (Å²) in [5, 5.41) is 11.5. The van der Waals surface area contributed by atoms with Crippen molar-refractivity contribution in [3.63, 3.8) is 0 Å². The van der Waals surface area contributed by atoms with Gasteiger partial charge in [-0.05, 0) is 84.0 Å². The van der Waals surface area contributed by atoms with Gasteiger partial charge in [0.15, 0.2) is 24.7 Å². The molecule has 0 unspecified atom stereocenters. The molecular weight excluding hydrogens is 1040 g/mol. The Kier molecular flexibility index (Phi) is 18.8. The highest BCUT2D eigenvalue weighted by Gasteiger charge is 2.26. The maximum absolute atomic E-state index is 12.6. The number of piperidine rings is 2. The van der Waals surface area contributed by atoms with Crippen LogP contribution in [0.4, 0.5) is 11.9 Å². The van der Waals surface area contributed by atoms with Gasteiger partial charge in [-0.3, -0.25) is 9.59 Å². The van der Waals surface area contributed by atoms with Gasteiger partial charge in [-0.25, -0.2) is 29.5 Å². The van der Waals surface area contributed by atoms with Gasteiger partial charge in [-0.15, -0.1) is 0 Å². The molecule has 1 N–H and O–H groups in total. The molecule has 2 aromatic carbocycles. The second-order valence-electron chi connectivity index (χ2n) is 18.1. The molecule has 0 saturated carbocycles. The number of benzene rings is 2. The molecule has 69 heavy (non-hydrogen) atoms. The number of halogens is 3. The number of aryl methyl sites for hydroxylation is 2. The molecule has 2 aliphatic rings. The fourth-order valence-electron chi connectivity index (χ4n) is 9.14. The number of hydrogen-bond donors (Lipinski definition) is 1. The van der Waals surface area contributed by atoms with Gasteiger partial charge < -0.3 is 62.2 Å². The number of ether oxygens (including phenoxy) is 3. The number of esters is 1. The Labute approximate surface area is 429 Å². The summed E-state index contributed by atoms with van der Waals surface area (Å²) in [7, 11) is 4.57. The number of methoxy groups -OCH3 is 1. The molecule has 0 aliphatic carbocycles. The van der Waals surface area contributed by atoms with Crippen LogP contribution in [0.2, 0.25) is 10.0 Å². The van der Waals surface area contributed by atoms with E-state index in [0.717, 1.165) is 70.5 Å². The summed E-state index contributed by atoms with van der Waals surface area (Å²) in [5.74, 6) is 2.15. The number of carboxylic acid groups (broad SMARTS) is 1. The second kappa shape index (κ2) is 23.9. The first kappa shape index (κ1) is 54.4. The summed E-state index contributed by atoms with van der Waals surface area (Å²) in [4.78, 5) is 70.3. The largest absolute Gasteiger partial charge is 1.00 e. The molecule has 8 rings (SSSR count). The van der Waals surface area contributed by atoms with Crippen molar-refractivity contribution in [2.45, 2.75) is 60.8 Å².